The normalized spacial score (nSPS) is 11.1. The van der Waals surface area contributed by atoms with Crippen molar-refractivity contribution in [1.82, 2.24) is 5.43 Å². The number of aryl methyl sites for hydroxylation is 1. The molecule has 0 amide bonds. The van der Waals surface area contributed by atoms with Gasteiger partial charge in [-0.05, 0) is 55.9 Å². The van der Waals surface area contributed by atoms with Crippen LogP contribution in [0, 0.1) is 6.92 Å². The fraction of sp³-hybridized carbons (Fsp3) is 0.125. The fourth-order valence-electron chi connectivity index (χ4n) is 1.94. The van der Waals surface area contributed by atoms with Crippen molar-refractivity contribution in [1.29, 1.82) is 0 Å². The molecular formula is C16H17N3O3S. The number of hydrogen-bond acceptors (Lipinski definition) is 5. The molecule has 6 nitrogen and oxygen atoms in total. The lowest BCUT2D eigenvalue weighted by Gasteiger charge is -2.10. The van der Waals surface area contributed by atoms with Gasteiger partial charge in [-0.2, -0.15) is 5.10 Å². The molecule has 0 aliphatic heterocycles. The number of benzene rings is 2. The van der Waals surface area contributed by atoms with Crippen LogP contribution in [-0.2, 0) is 0 Å². The van der Waals surface area contributed by atoms with Crippen molar-refractivity contribution in [3.63, 3.8) is 0 Å². The maximum atomic E-state index is 9.81. The number of thiocarbonyl (C=S) groups is 1. The number of nitrogens with one attached hydrogen (secondary N) is 2. The van der Waals surface area contributed by atoms with Crippen LogP contribution in [0.15, 0.2) is 41.5 Å². The van der Waals surface area contributed by atoms with Crippen molar-refractivity contribution in [2.75, 3.05) is 5.32 Å². The van der Waals surface area contributed by atoms with Crippen LogP contribution in [-0.4, -0.2) is 26.1 Å². The molecular weight excluding hydrogens is 314 g/mol. The molecule has 0 spiro atoms. The number of hydrazone groups is 1. The first-order chi connectivity index (χ1) is 10.9. The lowest BCUT2D eigenvalue weighted by Crippen LogP contribution is -2.25. The second kappa shape index (κ2) is 6.97. The summed E-state index contributed by atoms with van der Waals surface area (Å²) in [5.41, 5.74) is 5.27. The first-order valence-electron chi connectivity index (χ1n) is 6.80. The average molecular weight is 331 g/mol. The van der Waals surface area contributed by atoms with Crippen LogP contribution >= 0.6 is 12.2 Å². The summed E-state index contributed by atoms with van der Waals surface area (Å²) in [5, 5.41) is 36.0. The van der Waals surface area contributed by atoms with Gasteiger partial charge < -0.3 is 20.6 Å². The van der Waals surface area contributed by atoms with Crippen LogP contribution in [0.2, 0.25) is 0 Å². The molecule has 0 saturated carbocycles. The highest BCUT2D eigenvalue weighted by molar-refractivity contribution is 7.80. The zero-order valence-electron chi connectivity index (χ0n) is 12.7. The Kier molecular flexibility index (Phi) is 5.02. The zero-order chi connectivity index (χ0) is 17.0. The predicted molar refractivity (Wildman–Crippen MR) is 94.2 cm³/mol. The van der Waals surface area contributed by atoms with Crippen molar-refractivity contribution in [3.8, 4) is 17.2 Å². The molecule has 0 saturated heterocycles. The number of phenols is 3. The van der Waals surface area contributed by atoms with Gasteiger partial charge in [-0.3, -0.25) is 5.43 Å². The van der Waals surface area contributed by atoms with E-state index >= 15 is 0 Å². The van der Waals surface area contributed by atoms with Crippen LogP contribution in [0.4, 0.5) is 5.69 Å². The maximum absolute atomic E-state index is 9.81. The van der Waals surface area contributed by atoms with Crippen molar-refractivity contribution in [2.24, 2.45) is 5.10 Å². The Morgan fingerprint density at radius 2 is 1.83 bits per heavy atom. The van der Waals surface area contributed by atoms with Gasteiger partial charge >= 0.3 is 0 Å². The molecule has 0 aliphatic rings. The summed E-state index contributed by atoms with van der Waals surface area (Å²) in [6, 6.07) is 10.4. The first-order valence-corrected chi connectivity index (χ1v) is 7.21. The van der Waals surface area contributed by atoms with Crippen LogP contribution in [0.3, 0.4) is 0 Å². The lowest BCUT2D eigenvalue weighted by atomic mass is 10.1. The third kappa shape index (κ3) is 4.10. The molecule has 0 aromatic heterocycles. The molecule has 0 heterocycles. The fourth-order valence-corrected chi connectivity index (χ4v) is 2.10. The summed E-state index contributed by atoms with van der Waals surface area (Å²) in [4.78, 5) is 0. The van der Waals surface area contributed by atoms with E-state index in [0.29, 0.717) is 5.71 Å². The van der Waals surface area contributed by atoms with E-state index in [9.17, 15) is 15.3 Å². The van der Waals surface area contributed by atoms with Gasteiger partial charge in [0, 0.05) is 11.3 Å². The second-order valence-corrected chi connectivity index (χ2v) is 5.37. The van der Waals surface area contributed by atoms with E-state index < -0.39 is 17.2 Å². The molecule has 2 aromatic rings. The van der Waals surface area contributed by atoms with E-state index in [4.69, 9.17) is 12.2 Å². The van der Waals surface area contributed by atoms with Crippen molar-refractivity contribution in [2.45, 2.75) is 13.8 Å². The van der Waals surface area contributed by atoms with E-state index in [2.05, 4.69) is 15.8 Å². The minimum absolute atomic E-state index is 0.283. The minimum Gasteiger partial charge on any atom is -0.504 e. The third-order valence-corrected chi connectivity index (χ3v) is 3.31. The smallest absolute Gasteiger partial charge is 0.200 e. The van der Waals surface area contributed by atoms with E-state index in [1.165, 1.54) is 12.1 Å². The van der Waals surface area contributed by atoms with E-state index in [-0.39, 0.29) is 10.7 Å². The first kappa shape index (κ1) is 16.6. The van der Waals surface area contributed by atoms with E-state index in [1.807, 2.05) is 31.2 Å². The third-order valence-electron chi connectivity index (χ3n) is 3.12. The molecule has 5 N–H and O–H groups in total. The van der Waals surface area contributed by atoms with Crippen LogP contribution in [0.5, 0.6) is 17.2 Å². The molecule has 0 fully saturated rings. The van der Waals surface area contributed by atoms with Gasteiger partial charge in [-0.1, -0.05) is 12.1 Å². The van der Waals surface area contributed by atoms with Gasteiger partial charge in [0.1, 0.15) is 0 Å². The molecule has 120 valence electrons. The molecule has 0 bridgehead atoms. The van der Waals surface area contributed by atoms with Gasteiger partial charge in [0.05, 0.1) is 5.71 Å². The van der Waals surface area contributed by atoms with E-state index in [0.717, 1.165) is 11.3 Å². The highest BCUT2D eigenvalue weighted by atomic mass is 32.1. The van der Waals surface area contributed by atoms with Gasteiger partial charge in [-0.15, -0.1) is 0 Å². The number of hydrogen-bond donors (Lipinski definition) is 5. The molecule has 7 heteroatoms. The summed E-state index contributed by atoms with van der Waals surface area (Å²) in [6.07, 6.45) is 0. The van der Waals surface area contributed by atoms with Crippen molar-refractivity contribution < 1.29 is 15.3 Å². The Balaban J connectivity index is 2.07. The summed E-state index contributed by atoms with van der Waals surface area (Å²) in [5.74, 6) is -1.42. The predicted octanol–water partition coefficient (Wildman–Crippen LogP) is 2.82. The Morgan fingerprint density at radius 3 is 2.52 bits per heavy atom. The number of anilines is 1. The van der Waals surface area contributed by atoms with Gasteiger partial charge in [0.15, 0.2) is 16.6 Å². The Bertz CT molecular complexity index is 775. The topological polar surface area (TPSA) is 97.1 Å². The lowest BCUT2D eigenvalue weighted by molar-refractivity contribution is 0.367. The zero-order valence-corrected chi connectivity index (χ0v) is 13.5. The number of aromatic hydroxyl groups is 3. The molecule has 2 rings (SSSR count). The maximum Gasteiger partial charge on any atom is 0.200 e. The highest BCUT2D eigenvalue weighted by Crippen LogP contribution is 2.37. The van der Waals surface area contributed by atoms with Crippen LogP contribution in [0.1, 0.15) is 18.1 Å². The summed E-state index contributed by atoms with van der Waals surface area (Å²) < 4.78 is 0. The van der Waals surface area contributed by atoms with Gasteiger partial charge in [0.2, 0.25) is 5.75 Å². The average Bonchev–Trinajstić information content (AvgIpc) is 2.50. The molecule has 0 aliphatic carbocycles. The Morgan fingerprint density at radius 1 is 1.09 bits per heavy atom. The van der Waals surface area contributed by atoms with Gasteiger partial charge in [0.25, 0.3) is 0 Å². The van der Waals surface area contributed by atoms with Crippen LogP contribution in [0.25, 0.3) is 0 Å². The molecule has 0 atom stereocenters. The summed E-state index contributed by atoms with van der Waals surface area (Å²) in [7, 11) is 0. The molecule has 23 heavy (non-hydrogen) atoms. The molecule has 0 unspecified atom stereocenters. The Labute approximate surface area is 139 Å². The standard InChI is InChI=1S/C16H17N3O3S/c1-9-4-3-5-11(8-9)17-16(23)19-18-10(2)12-6-7-13(20)15(22)14(12)21/h3-8,20-22H,1-2H3,(H2,17,19,23)/b18-10+. The van der Waals surface area contributed by atoms with Gasteiger partial charge in [-0.25, -0.2) is 0 Å². The second-order valence-electron chi connectivity index (χ2n) is 4.96. The number of phenolic OH excluding ortho intramolecular Hbond substituents is 3. The molecule has 0 radical (unpaired) electrons. The monoisotopic (exact) mass is 331 g/mol. The highest BCUT2D eigenvalue weighted by Gasteiger charge is 2.13. The van der Waals surface area contributed by atoms with Crippen LogP contribution < -0.4 is 10.7 Å². The quantitative estimate of drug-likeness (QED) is 0.257. The van der Waals surface area contributed by atoms with Crippen molar-refractivity contribution >= 4 is 28.7 Å². The van der Waals surface area contributed by atoms with Crippen molar-refractivity contribution in [3.05, 3.63) is 47.5 Å². The number of nitrogens with zero attached hydrogens (tertiary/aromatic N) is 1. The Hall–Kier alpha value is -2.80. The SMILES string of the molecule is C/C(=N\NC(=S)Nc1cccc(C)c1)c1ccc(O)c(O)c1O. The largest absolute Gasteiger partial charge is 0.504 e. The number of rotatable bonds is 3. The summed E-state index contributed by atoms with van der Waals surface area (Å²) >= 11 is 5.15. The summed E-state index contributed by atoms with van der Waals surface area (Å²) in [6.45, 7) is 3.61. The molecule has 2 aromatic carbocycles. The van der Waals surface area contributed by atoms with E-state index in [1.54, 1.807) is 6.92 Å². The minimum atomic E-state index is -0.586.